The lowest BCUT2D eigenvalue weighted by Gasteiger charge is -2.41. The Morgan fingerprint density at radius 1 is 1.28 bits per heavy atom. The zero-order chi connectivity index (χ0) is 22.8. The number of aromatic nitrogens is 2. The zero-order valence-electron chi connectivity index (χ0n) is 18.7. The minimum Gasteiger partial charge on any atom is -0.496 e. The standard InChI is InChI=1S/C23H28ClN3O5/c1-11-9-13-16(19(27(2)26-13)12-5-7-25-8-6-12)21(28)23(11)22(29)17-14(30-3)10-15(31-4)18(24)20(17)32-23/h10-12,21,25,28H,5-9H2,1-4H3/t11-,21?,23+/m1/s1. The van der Waals surface area contributed by atoms with Gasteiger partial charge in [0.1, 0.15) is 28.2 Å². The van der Waals surface area contributed by atoms with Crippen molar-refractivity contribution in [3.8, 4) is 17.2 Å². The molecular weight excluding hydrogens is 434 g/mol. The van der Waals surface area contributed by atoms with Gasteiger partial charge in [-0.25, -0.2) is 0 Å². The number of halogens is 1. The monoisotopic (exact) mass is 461 g/mol. The number of nitrogens with one attached hydrogen (secondary N) is 1. The number of fused-ring (bicyclic) bond motifs is 2. The Kier molecular flexibility index (Phi) is 5.15. The SMILES string of the molecule is COc1cc(OC)c2c(c1Cl)O[C@]1(C2=O)C(O)c2c(nn(C)c2C2CCNCC2)C[C@H]1C. The highest BCUT2D eigenvalue weighted by molar-refractivity contribution is 6.35. The second-order valence-electron chi connectivity index (χ2n) is 8.92. The number of rotatable bonds is 3. The summed E-state index contributed by atoms with van der Waals surface area (Å²) in [4.78, 5) is 13.9. The molecule has 2 aliphatic heterocycles. The number of piperidine rings is 1. The van der Waals surface area contributed by atoms with Crippen LogP contribution in [0.15, 0.2) is 6.07 Å². The molecule has 1 spiro atoms. The number of aliphatic hydroxyl groups is 1. The topological polar surface area (TPSA) is 94.8 Å². The van der Waals surface area contributed by atoms with E-state index >= 15 is 0 Å². The van der Waals surface area contributed by atoms with E-state index < -0.39 is 11.7 Å². The number of hydrogen-bond acceptors (Lipinski definition) is 7. The molecular formula is C23H28ClN3O5. The van der Waals surface area contributed by atoms with Crippen molar-refractivity contribution in [1.82, 2.24) is 15.1 Å². The van der Waals surface area contributed by atoms with Gasteiger partial charge in [-0.05, 0) is 32.4 Å². The number of benzene rings is 1. The Labute approximate surface area is 191 Å². The van der Waals surface area contributed by atoms with Gasteiger partial charge in [0.2, 0.25) is 11.4 Å². The van der Waals surface area contributed by atoms with E-state index in [4.69, 9.17) is 30.9 Å². The van der Waals surface area contributed by atoms with Gasteiger partial charge in [-0.3, -0.25) is 9.48 Å². The van der Waals surface area contributed by atoms with Crippen LogP contribution in [0.2, 0.25) is 5.02 Å². The van der Waals surface area contributed by atoms with Gasteiger partial charge in [0, 0.05) is 36.2 Å². The van der Waals surface area contributed by atoms with Gasteiger partial charge in [0.15, 0.2) is 5.75 Å². The number of carbonyl (C=O) groups excluding carboxylic acids is 1. The summed E-state index contributed by atoms with van der Waals surface area (Å²) in [6.45, 7) is 3.73. The van der Waals surface area contributed by atoms with Crippen molar-refractivity contribution in [3.05, 3.63) is 33.6 Å². The molecule has 1 saturated heterocycles. The molecule has 2 N–H and O–H groups in total. The summed E-state index contributed by atoms with van der Waals surface area (Å²) in [7, 11) is 4.89. The van der Waals surface area contributed by atoms with E-state index in [1.165, 1.54) is 14.2 Å². The van der Waals surface area contributed by atoms with Crippen LogP contribution in [0.5, 0.6) is 17.2 Å². The number of methoxy groups -OCH3 is 2. The quantitative estimate of drug-likeness (QED) is 0.725. The summed E-state index contributed by atoms with van der Waals surface area (Å²) < 4.78 is 19.1. The van der Waals surface area contributed by atoms with Crippen molar-refractivity contribution in [2.75, 3.05) is 27.3 Å². The maximum Gasteiger partial charge on any atom is 0.217 e. The molecule has 3 heterocycles. The summed E-state index contributed by atoms with van der Waals surface area (Å²) in [5, 5.41) is 20.1. The molecule has 3 atom stereocenters. The van der Waals surface area contributed by atoms with Crippen LogP contribution in [0.4, 0.5) is 0 Å². The average Bonchev–Trinajstić information content (AvgIpc) is 3.29. The van der Waals surface area contributed by atoms with E-state index in [0.717, 1.165) is 42.9 Å². The molecule has 2 aromatic rings. The first-order chi connectivity index (χ1) is 15.3. The van der Waals surface area contributed by atoms with Crippen molar-refractivity contribution in [2.45, 2.75) is 43.8 Å². The van der Waals surface area contributed by atoms with Crippen LogP contribution in [0.25, 0.3) is 0 Å². The van der Waals surface area contributed by atoms with E-state index in [1.807, 2.05) is 18.7 Å². The van der Waals surface area contributed by atoms with Gasteiger partial charge in [0.05, 0.1) is 19.9 Å². The zero-order valence-corrected chi connectivity index (χ0v) is 19.5. The van der Waals surface area contributed by atoms with Gasteiger partial charge in [-0.15, -0.1) is 0 Å². The molecule has 9 heteroatoms. The maximum absolute atomic E-state index is 13.9. The predicted molar refractivity (Wildman–Crippen MR) is 118 cm³/mol. The van der Waals surface area contributed by atoms with E-state index in [0.29, 0.717) is 17.9 Å². The van der Waals surface area contributed by atoms with Gasteiger partial charge >= 0.3 is 0 Å². The van der Waals surface area contributed by atoms with E-state index in [1.54, 1.807) is 6.07 Å². The molecule has 8 nitrogen and oxygen atoms in total. The van der Waals surface area contributed by atoms with Crippen LogP contribution in [0.3, 0.4) is 0 Å². The second kappa shape index (κ2) is 7.64. The lowest BCUT2D eigenvalue weighted by atomic mass is 9.69. The van der Waals surface area contributed by atoms with Crippen molar-refractivity contribution in [1.29, 1.82) is 0 Å². The van der Waals surface area contributed by atoms with Gasteiger partial charge in [-0.1, -0.05) is 18.5 Å². The minimum absolute atomic E-state index is 0.198. The summed E-state index contributed by atoms with van der Waals surface area (Å²) in [6, 6.07) is 1.58. The fraction of sp³-hybridized carbons (Fsp3) is 0.565. The lowest BCUT2D eigenvalue weighted by molar-refractivity contribution is -0.0642. The number of ether oxygens (including phenoxy) is 3. The van der Waals surface area contributed by atoms with Crippen molar-refractivity contribution >= 4 is 17.4 Å². The molecule has 5 rings (SSSR count). The van der Waals surface area contributed by atoms with E-state index in [2.05, 4.69) is 5.32 Å². The summed E-state index contributed by atoms with van der Waals surface area (Å²) >= 11 is 6.54. The third-order valence-electron chi connectivity index (χ3n) is 7.29. The fourth-order valence-corrected chi connectivity index (χ4v) is 5.95. The number of hydrogen-bond donors (Lipinski definition) is 2. The van der Waals surface area contributed by atoms with E-state index in [-0.39, 0.29) is 34.0 Å². The van der Waals surface area contributed by atoms with Crippen LogP contribution in [0, 0.1) is 5.92 Å². The van der Waals surface area contributed by atoms with Crippen LogP contribution < -0.4 is 19.5 Å². The molecule has 1 unspecified atom stereocenters. The van der Waals surface area contributed by atoms with Crippen LogP contribution in [0.1, 0.15) is 59.1 Å². The summed E-state index contributed by atoms with van der Waals surface area (Å²) in [6.07, 6.45) is 1.24. The lowest BCUT2D eigenvalue weighted by Crippen LogP contribution is -2.54. The molecule has 1 aliphatic carbocycles. The normalized spacial score (nSPS) is 27.2. The van der Waals surface area contributed by atoms with Crippen molar-refractivity contribution in [2.24, 2.45) is 13.0 Å². The van der Waals surface area contributed by atoms with Crippen molar-refractivity contribution in [3.63, 3.8) is 0 Å². The predicted octanol–water partition coefficient (Wildman–Crippen LogP) is 2.80. The summed E-state index contributed by atoms with van der Waals surface area (Å²) in [5.41, 5.74) is 1.29. The molecule has 0 amide bonds. The number of carbonyl (C=O) groups is 1. The highest BCUT2D eigenvalue weighted by Gasteiger charge is 2.62. The summed E-state index contributed by atoms with van der Waals surface area (Å²) in [5.74, 6) is 0.483. The maximum atomic E-state index is 13.9. The van der Waals surface area contributed by atoms with Crippen LogP contribution in [-0.2, 0) is 13.5 Å². The largest absolute Gasteiger partial charge is 0.496 e. The first kappa shape index (κ1) is 21.6. The van der Waals surface area contributed by atoms with Crippen LogP contribution >= 0.6 is 11.6 Å². The highest BCUT2D eigenvalue weighted by atomic mass is 35.5. The molecule has 0 saturated carbocycles. The third kappa shape index (κ3) is 2.75. The third-order valence-corrected chi connectivity index (χ3v) is 7.65. The Hall–Kier alpha value is -2.29. The van der Waals surface area contributed by atoms with Gasteiger partial charge in [0.25, 0.3) is 0 Å². The first-order valence-corrected chi connectivity index (χ1v) is 11.4. The van der Waals surface area contributed by atoms with E-state index in [9.17, 15) is 9.90 Å². The Morgan fingerprint density at radius 3 is 2.62 bits per heavy atom. The number of aryl methyl sites for hydroxylation is 1. The highest BCUT2D eigenvalue weighted by Crippen LogP contribution is 2.57. The molecule has 0 radical (unpaired) electrons. The molecule has 1 aromatic heterocycles. The van der Waals surface area contributed by atoms with Gasteiger partial charge in [-0.2, -0.15) is 5.10 Å². The Bertz CT molecular complexity index is 1090. The number of Topliss-reactive ketones (excluding diaryl/α,β-unsaturated/α-hetero) is 1. The fourth-order valence-electron chi connectivity index (χ4n) is 5.69. The molecule has 3 aliphatic rings. The molecule has 0 bridgehead atoms. The second-order valence-corrected chi connectivity index (χ2v) is 9.30. The first-order valence-electron chi connectivity index (χ1n) is 11.0. The average molecular weight is 462 g/mol. The Balaban J connectivity index is 1.66. The molecule has 172 valence electrons. The molecule has 1 fully saturated rings. The van der Waals surface area contributed by atoms with Crippen LogP contribution in [-0.4, -0.2) is 53.6 Å². The minimum atomic E-state index is -1.50. The number of aliphatic hydroxyl groups excluding tert-OH is 1. The number of nitrogens with zero attached hydrogens (tertiary/aromatic N) is 2. The molecule has 32 heavy (non-hydrogen) atoms. The molecule has 1 aromatic carbocycles. The smallest absolute Gasteiger partial charge is 0.217 e. The Morgan fingerprint density at radius 2 is 1.97 bits per heavy atom. The van der Waals surface area contributed by atoms with Gasteiger partial charge < -0.3 is 24.6 Å². The van der Waals surface area contributed by atoms with Crippen molar-refractivity contribution < 1.29 is 24.1 Å². The number of ketones is 1.